The van der Waals surface area contributed by atoms with E-state index in [1.54, 1.807) is 0 Å². The van der Waals surface area contributed by atoms with Crippen LogP contribution in [0.5, 0.6) is 0 Å². The summed E-state index contributed by atoms with van der Waals surface area (Å²) in [5.74, 6) is 7.67. The van der Waals surface area contributed by atoms with Crippen LogP contribution in [0, 0.1) is 17.8 Å². The summed E-state index contributed by atoms with van der Waals surface area (Å²) in [7, 11) is 0. The quantitative estimate of drug-likeness (QED) is 0.198. The smallest absolute Gasteiger partial charge is 0.00886 e. The molecule has 0 heterocycles. The summed E-state index contributed by atoms with van der Waals surface area (Å²) in [6.07, 6.45) is 23.2. The van der Waals surface area contributed by atoms with Gasteiger partial charge in [0.25, 0.3) is 0 Å². The fraction of sp³-hybridized carbons (Fsp3) is 0.913. The predicted octanol–water partition coefficient (Wildman–Crippen LogP) is 8.30. The lowest BCUT2D eigenvalue weighted by atomic mass is 9.92. The second-order valence-electron chi connectivity index (χ2n) is 7.24. The lowest BCUT2D eigenvalue weighted by Crippen LogP contribution is -1.99. The fourth-order valence-corrected chi connectivity index (χ4v) is 3.23. The zero-order valence-corrected chi connectivity index (χ0v) is 16.6. The third-order valence-electron chi connectivity index (χ3n) is 4.99. The molecule has 23 heavy (non-hydrogen) atoms. The maximum absolute atomic E-state index is 3.34. The first-order valence-corrected chi connectivity index (χ1v) is 10.8. The highest BCUT2D eigenvalue weighted by Crippen LogP contribution is 2.21. The lowest BCUT2D eigenvalue weighted by molar-refractivity contribution is 0.396. The first kappa shape index (κ1) is 22.6. The van der Waals surface area contributed by atoms with Crippen molar-refractivity contribution in [1.82, 2.24) is 0 Å². The van der Waals surface area contributed by atoms with Gasteiger partial charge in [-0.1, -0.05) is 104 Å². The van der Waals surface area contributed by atoms with Crippen LogP contribution in [0.2, 0.25) is 0 Å². The molecule has 0 spiro atoms. The highest BCUT2D eigenvalue weighted by molar-refractivity contribution is 4.98. The van der Waals surface area contributed by atoms with Crippen molar-refractivity contribution in [2.24, 2.45) is 5.92 Å². The third kappa shape index (κ3) is 17.7. The average Bonchev–Trinajstić information content (AvgIpc) is 2.57. The van der Waals surface area contributed by atoms with Crippen molar-refractivity contribution in [3.63, 3.8) is 0 Å². The van der Waals surface area contributed by atoms with Crippen LogP contribution in [0.4, 0.5) is 0 Å². The van der Waals surface area contributed by atoms with Crippen molar-refractivity contribution < 1.29 is 0 Å². The Labute approximate surface area is 148 Å². The van der Waals surface area contributed by atoms with Crippen molar-refractivity contribution in [2.75, 3.05) is 0 Å². The van der Waals surface area contributed by atoms with Gasteiger partial charge >= 0.3 is 0 Å². The summed E-state index contributed by atoms with van der Waals surface area (Å²) >= 11 is 0. The topological polar surface area (TPSA) is 0 Å². The molecule has 1 atom stereocenters. The molecule has 0 aromatic rings. The van der Waals surface area contributed by atoms with E-state index in [0.717, 1.165) is 18.8 Å². The van der Waals surface area contributed by atoms with Crippen LogP contribution in [0.25, 0.3) is 0 Å². The van der Waals surface area contributed by atoms with Crippen LogP contribution < -0.4 is 0 Å². The first-order valence-electron chi connectivity index (χ1n) is 10.8. The molecule has 0 aromatic heterocycles. The number of unbranched alkanes of at least 4 members (excludes halogenated alkanes) is 11. The second kappa shape index (κ2) is 19.6. The highest BCUT2D eigenvalue weighted by Gasteiger charge is 2.05. The Morgan fingerprint density at radius 3 is 1.52 bits per heavy atom. The Morgan fingerprint density at radius 2 is 0.957 bits per heavy atom. The zero-order chi connectivity index (χ0) is 17.0. The molecular weight excluding hydrogens is 276 g/mol. The molecule has 0 N–H and O–H groups in total. The van der Waals surface area contributed by atoms with Crippen LogP contribution in [0.3, 0.4) is 0 Å². The normalized spacial score (nSPS) is 12.0. The van der Waals surface area contributed by atoms with E-state index in [2.05, 4.69) is 32.6 Å². The molecule has 0 saturated carbocycles. The Balaban J connectivity index is 3.28. The summed E-state index contributed by atoms with van der Waals surface area (Å²) in [6, 6.07) is 0. The van der Waals surface area contributed by atoms with E-state index in [1.165, 1.54) is 96.3 Å². The second-order valence-corrected chi connectivity index (χ2v) is 7.24. The summed E-state index contributed by atoms with van der Waals surface area (Å²) in [5, 5.41) is 0. The van der Waals surface area contributed by atoms with Gasteiger partial charge in [0.2, 0.25) is 0 Å². The molecular formula is C23H44. The van der Waals surface area contributed by atoms with E-state index in [9.17, 15) is 0 Å². The molecule has 1 unspecified atom stereocenters. The highest BCUT2D eigenvalue weighted by atomic mass is 14.1. The summed E-state index contributed by atoms with van der Waals surface area (Å²) in [6.45, 7) is 6.93. The molecule has 136 valence electrons. The minimum absolute atomic E-state index is 1.00. The number of hydrogen-bond donors (Lipinski definition) is 0. The Kier molecular flexibility index (Phi) is 19.2. The Hall–Kier alpha value is -0.440. The molecule has 0 radical (unpaired) electrons. The van der Waals surface area contributed by atoms with Gasteiger partial charge in [-0.2, -0.15) is 0 Å². The van der Waals surface area contributed by atoms with E-state index >= 15 is 0 Å². The van der Waals surface area contributed by atoms with E-state index in [-0.39, 0.29) is 0 Å². The van der Waals surface area contributed by atoms with Crippen molar-refractivity contribution in [3.8, 4) is 11.8 Å². The van der Waals surface area contributed by atoms with Gasteiger partial charge in [-0.3, -0.25) is 0 Å². The number of rotatable bonds is 16. The molecule has 0 saturated heterocycles. The number of hydrogen-bond acceptors (Lipinski definition) is 0. The van der Waals surface area contributed by atoms with Crippen molar-refractivity contribution in [3.05, 3.63) is 0 Å². The largest absolute Gasteiger partial charge is 0.103 e. The molecule has 0 aliphatic heterocycles. The van der Waals surface area contributed by atoms with Crippen molar-refractivity contribution in [2.45, 2.75) is 130 Å². The maximum atomic E-state index is 3.34. The molecule has 0 aliphatic rings. The van der Waals surface area contributed by atoms with Crippen molar-refractivity contribution in [1.29, 1.82) is 0 Å². The van der Waals surface area contributed by atoms with E-state index in [4.69, 9.17) is 0 Å². The van der Waals surface area contributed by atoms with Gasteiger partial charge in [0.1, 0.15) is 0 Å². The van der Waals surface area contributed by atoms with Gasteiger partial charge in [-0.25, -0.2) is 0 Å². The van der Waals surface area contributed by atoms with E-state index in [0.29, 0.717) is 0 Å². The Morgan fingerprint density at radius 1 is 0.522 bits per heavy atom. The van der Waals surface area contributed by atoms with Crippen LogP contribution in [0.15, 0.2) is 0 Å². The molecule has 0 aliphatic carbocycles. The average molecular weight is 321 g/mol. The van der Waals surface area contributed by atoms with E-state index < -0.39 is 0 Å². The third-order valence-corrected chi connectivity index (χ3v) is 4.99. The van der Waals surface area contributed by atoms with Gasteiger partial charge in [-0.05, 0) is 18.8 Å². The molecule has 0 fully saturated rings. The minimum Gasteiger partial charge on any atom is -0.103 e. The van der Waals surface area contributed by atoms with Gasteiger partial charge in [0, 0.05) is 12.8 Å². The minimum atomic E-state index is 1.00. The maximum Gasteiger partial charge on any atom is 0.00886 e. The molecule has 0 bridgehead atoms. The van der Waals surface area contributed by atoms with Crippen molar-refractivity contribution >= 4 is 0 Å². The molecule has 0 aromatic carbocycles. The van der Waals surface area contributed by atoms with Crippen LogP contribution in [-0.2, 0) is 0 Å². The van der Waals surface area contributed by atoms with E-state index in [1.807, 2.05) is 0 Å². The standard InChI is InChI=1S/C23H44/c1-4-7-9-10-11-12-13-14-15-16-17-18-20-22-23(6-3)21-19-8-5-2/h23H,4-10,13-22H2,1-3H3. The van der Waals surface area contributed by atoms with Gasteiger partial charge in [0.15, 0.2) is 0 Å². The molecule has 0 amide bonds. The lowest BCUT2D eigenvalue weighted by Gasteiger charge is -2.14. The molecule has 0 heteroatoms. The van der Waals surface area contributed by atoms with Crippen LogP contribution in [0.1, 0.15) is 130 Å². The van der Waals surface area contributed by atoms with Gasteiger partial charge < -0.3 is 0 Å². The Bertz CT molecular complexity index is 267. The summed E-state index contributed by atoms with van der Waals surface area (Å²) in [4.78, 5) is 0. The van der Waals surface area contributed by atoms with Crippen LogP contribution in [-0.4, -0.2) is 0 Å². The predicted molar refractivity (Wildman–Crippen MR) is 107 cm³/mol. The monoisotopic (exact) mass is 320 g/mol. The SMILES string of the molecule is CCCCCC#CCCCCCCCCC(CC)CCCCC. The first-order chi connectivity index (χ1) is 11.3. The zero-order valence-electron chi connectivity index (χ0n) is 16.6. The van der Waals surface area contributed by atoms with Crippen LogP contribution >= 0.6 is 0 Å². The summed E-state index contributed by atoms with van der Waals surface area (Å²) in [5.41, 5.74) is 0. The van der Waals surface area contributed by atoms with Gasteiger partial charge in [0.05, 0.1) is 0 Å². The molecule has 0 nitrogen and oxygen atoms in total. The fourth-order valence-electron chi connectivity index (χ4n) is 3.23. The summed E-state index contributed by atoms with van der Waals surface area (Å²) < 4.78 is 0. The van der Waals surface area contributed by atoms with Gasteiger partial charge in [-0.15, -0.1) is 11.8 Å². The molecule has 0 rings (SSSR count).